The van der Waals surface area contributed by atoms with Crippen LogP contribution in [-0.2, 0) is 4.79 Å². The minimum atomic E-state index is -0.653. The summed E-state index contributed by atoms with van der Waals surface area (Å²) >= 11 is 6.30. The molecule has 0 atom stereocenters. The summed E-state index contributed by atoms with van der Waals surface area (Å²) in [6.45, 7) is 4.18. The lowest BCUT2D eigenvalue weighted by molar-refractivity contribution is -0.117. The highest BCUT2D eigenvalue weighted by molar-refractivity contribution is 6.32. The largest absolute Gasteiger partial charge is 0.493 e. The van der Waals surface area contributed by atoms with Gasteiger partial charge >= 0.3 is 0 Å². The summed E-state index contributed by atoms with van der Waals surface area (Å²) in [5.74, 6) is -0.576. The van der Waals surface area contributed by atoms with Crippen molar-refractivity contribution in [3.63, 3.8) is 0 Å². The summed E-state index contributed by atoms with van der Waals surface area (Å²) in [6, 6.07) is 9.27. The van der Waals surface area contributed by atoms with E-state index in [1.807, 2.05) is 13.8 Å². The van der Waals surface area contributed by atoms with E-state index in [0.29, 0.717) is 29.7 Å². The number of primary amides is 1. The molecule has 2 rings (SSSR count). The van der Waals surface area contributed by atoms with Gasteiger partial charge in [0.15, 0.2) is 11.5 Å². The normalized spacial score (nSPS) is 10.4. The Kier molecular flexibility index (Phi) is 8.06. The molecule has 0 saturated carbocycles. The Morgan fingerprint density at radius 2 is 1.83 bits per heavy atom. The number of hydrogen-bond donors (Lipinski definition) is 3. The van der Waals surface area contributed by atoms with Crippen LogP contribution in [0.1, 0.15) is 34.6 Å². The molecular weight excluding hydrogens is 410 g/mol. The minimum absolute atomic E-state index is 0.250. The molecular formula is C21H24ClN3O5. The molecule has 2 aromatic rings. The van der Waals surface area contributed by atoms with E-state index in [1.54, 1.807) is 18.2 Å². The third kappa shape index (κ3) is 6.38. The summed E-state index contributed by atoms with van der Waals surface area (Å²) in [4.78, 5) is 35.5. The van der Waals surface area contributed by atoms with E-state index in [4.69, 9.17) is 26.8 Å². The van der Waals surface area contributed by atoms with Gasteiger partial charge in [0, 0.05) is 16.8 Å². The van der Waals surface area contributed by atoms with E-state index in [9.17, 15) is 14.4 Å². The van der Waals surface area contributed by atoms with Gasteiger partial charge in [0.25, 0.3) is 11.8 Å². The molecule has 0 radical (unpaired) electrons. The van der Waals surface area contributed by atoms with Crippen LogP contribution >= 0.6 is 11.6 Å². The highest BCUT2D eigenvalue weighted by atomic mass is 35.5. The summed E-state index contributed by atoms with van der Waals surface area (Å²) in [6.07, 6.45) is 0. The van der Waals surface area contributed by atoms with E-state index >= 15 is 0 Å². The van der Waals surface area contributed by atoms with E-state index in [-0.39, 0.29) is 22.7 Å². The molecule has 0 spiro atoms. The molecule has 0 fully saturated rings. The van der Waals surface area contributed by atoms with Gasteiger partial charge in [-0.15, -0.1) is 0 Å². The molecule has 3 amide bonds. The van der Waals surface area contributed by atoms with Gasteiger partial charge in [0.05, 0.1) is 25.3 Å². The number of rotatable bonds is 9. The molecule has 0 unspecified atom stereocenters. The van der Waals surface area contributed by atoms with E-state index in [1.165, 1.54) is 25.3 Å². The monoisotopic (exact) mass is 433 g/mol. The Morgan fingerprint density at radius 1 is 1.10 bits per heavy atom. The highest BCUT2D eigenvalue weighted by Gasteiger charge is 2.17. The maximum atomic E-state index is 12.7. The first-order chi connectivity index (χ1) is 14.2. The summed E-state index contributed by atoms with van der Waals surface area (Å²) in [5.41, 5.74) is 5.94. The predicted molar refractivity (Wildman–Crippen MR) is 114 cm³/mol. The average Bonchev–Trinajstić information content (AvgIpc) is 2.70. The molecule has 4 N–H and O–H groups in total. The third-order valence-electron chi connectivity index (χ3n) is 3.86. The lowest BCUT2D eigenvalue weighted by Crippen LogP contribution is -2.33. The maximum Gasteiger partial charge on any atom is 0.255 e. The van der Waals surface area contributed by atoms with Crippen molar-refractivity contribution in [3.8, 4) is 11.5 Å². The Hall–Kier alpha value is -3.26. The van der Waals surface area contributed by atoms with Crippen LogP contribution in [0.15, 0.2) is 36.4 Å². The summed E-state index contributed by atoms with van der Waals surface area (Å²) in [5, 5.41) is 5.34. The van der Waals surface area contributed by atoms with Crippen molar-refractivity contribution >= 4 is 35.0 Å². The van der Waals surface area contributed by atoms with E-state index in [0.717, 1.165) is 0 Å². The van der Waals surface area contributed by atoms with Crippen LogP contribution < -0.4 is 25.8 Å². The summed E-state index contributed by atoms with van der Waals surface area (Å²) in [7, 11) is 1.46. The summed E-state index contributed by atoms with van der Waals surface area (Å²) < 4.78 is 11.0. The van der Waals surface area contributed by atoms with Crippen molar-refractivity contribution in [2.75, 3.05) is 25.6 Å². The average molecular weight is 434 g/mol. The van der Waals surface area contributed by atoms with Gasteiger partial charge in [0.1, 0.15) is 0 Å². The Morgan fingerprint density at radius 3 is 2.47 bits per heavy atom. The first-order valence-electron chi connectivity index (χ1n) is 9.19. The van der Waals surface area contributed by atoms with Crippen LogP contribution in [0.25, 0.3) is 0 Å². The van der Waals surface area contributed by atoms with Crippen LogP contribution in [-0.4, -0.2) is 38.0 Å². The van der Waals surface area contributed by atoms with Gasteiger partial charge in [-0.1, -0.05) is 31.5 Å². The number of methoxy groups -OCH3 is 1. The van der Waals surface area contributed by atoms with Crippen molar-refractivity contribution in [1.82, 2.24) is 5.32 Å². The molecule has 8 nitrogen and oxygen atoms in total. The van der Waals surface area contributed by atoms with Crippen LogP contribution in [0.3, 0.4) is 0 Å². The standard InChI is InChI=1S/C21H24ClN3O5/c1-12(2)11-30-19-16(22)8-14(9-17(19)29-3)21(28)25-15-6-4-5-13(7-15)20(27)24-10-18(23)26/h4-9,12H,10-11H2,1-3H3,(H2,23,26)(H,24,27)(H,25,28). The molecule has 0 heterocycles. The van der Waals surface area contributed by atoms with Crippen LogP contribution in [0.4, 0.5) is 5.69 Å². The molecule has 0 bridgehead atoms. The van der Waals surface area contributed by atoms with Crippen molar-refractivity contribution in [2.24, 2.45) is 11.7 Å². The second-order valence-corrected chi connectivity index (χ2v) is 7.29. The molecule has 0 aliphatic carbocycles. The Bertz CT molecular complexity index is 946. The Labute approximate surface area is 179 Å². The molecule has 0 aromatic heterocycles. The minimum Gasteiger partial charge on any atom is -0.493 e. The number of nitrogens with two attached hydrogens (primary N) is 1. The van der Waals surface area contributed by atoms with Gasteiger partial charge in [0.2, 0.25) is 5.91 Å². The number of carbonyl (C=O) groups is 3. The molecule has 0 aliphatic rings. The van der Waals surface area contributed by atoms with Gasteiger partial charge < -0.3 is 25.8 Å². The van der Waals surface area contributed by atoms with E-state index < -0.39 is 17.7 Å². The predicted octanol–water partition coefficient (Wildman–Crippen LogP) is 2.85. The molecule has 2 aromatic carbocycles. The fourth-order valence-corrected chi connectivity index (χ4v) is 2.72. The van der Waals surface area contributed by atoms with Crippen molar-refractivity contribution in [1.29, 1.82) is 0 Å². The number of carbonyl (C=O) groups excluding carboxylic acids is 3. The second kappa shape index (κ2) is 10.5. The lowest BCUT2D eigenvalue weighted by Gasteiger charge is -2.15. The zero-order valence-corrected chi connectivity index (χ0v) is 17.7. The number of anilines is 1. The lowest BCUT2D eigenvalue weighted by atomic mass is 10.1. The third-order valence-corrected chi connectivity index (χ3v) is 4.14. The van der Waals surface area contributed by atoms with Crippen molar-refractivity contribution in [2.45, 2.75) is 13.8 Å². The van der Waals surface area contributed by atoms with Gasteiger partial charge in [-0.3, -0.25) is 14.4 Å². The Balaban J connectivity index is 2.18. The molecule has 0 aliphatic heterocycles. The fourth-order valence-electron chi connectivity index (χ4n) is 2.45. The molecule has 9 heteroatoms. The first kappa shape index (κ1) is 23.0. The number of amides is 3. The smallest absolute Gasteiger partial charge is 0.255 e. The topological polar surface area (TPSA) is 120 Å². The zero-order chi connectivity index (χ0) is 22.3. The van der Waals surface area contributed by atoms with Gasteiger partial charge in [-0.2, -0.15) is 0 Å². The molecule has 0 saturated heterocycles. The SMILES string of the molecule is COc1cc(C(=O)Nc2cccc(C(=O)NCC(N)=O)c2)cc(Cl)c1OCC(C)C. The zero-order valence-electron chi connectivity index (χ0n) is 17.0. The fraction of sp³-hybridized carbons (Fsp3) is 0.286. The highest BCUT2D eigenvalue weighted by Crippen LogP contribution is 2.37. The van der Waals surface area contributed by atoms with Gasteiger partial charge in [-0.05, 0) is 36.2 Å². The number of benzene rings is 2. The van der Waals surface area contributed by atoms with Crippen molar-refractivity contribution < 1.29 is 23.9 Å². The number of halogens is 1. The van der Waals surface area contributed by atoms with Crippen LogP contribution in [0, 0.1) is 5.92 Å². The van der Waals surface area contributed by atoms with E-state index in [2.05, 4.69) is 10.6 Å². The van der Waals surface area contributed by atoms with Crippen molar-refractivity contribution in [3.05, 3.63) is 52.5 Å². The van der Waals surface area contributed by atoms with Gasteiger partial charge in [-0.25, -0.2) is 0 Å². The quantitative estimate of drug-likeness (QED) is 0.561. The maximum absolute atomic E-state index is 12.7. The number of hydrogen-bond acceptors (Lipinski definition) is 5. The number of nitrogens with one attached hydrogen (secondary N) is 2. The first-order valence-corrected chi connectivity index (χ1v) is 9.57. The number of ether oxygens (including phenoxy) is 2. The van der Waals surface area contributed by atoms with Crippen LogP contribution in [0.2, 0.25) is 5.02 Å². The molecule has 30 heavy (non-hydrogen) atoms. The molecule has 160 valence electrons. The van der Waals surface area contributed by atoms with Crippen LogP contribution in [0.5, 0.6) is 11.5 Å². The second-order valence-electron chi connectivity index (χ2n) is 6.88.